The van der Waals surface area contributed by atoms with Crippen molar-refractivity contribution in [2.24, 2.45) is 0 Å². The second-order valence-electron chi connectivity index (χ2n) is 7.05. The van der Waals surface area contributed by atoms with Crippen molar-refractivity contribution < 1.29 is 13.2 Å². The van der Waals surface area contributed by atoms with Gasteiger partial charge in [0.25, 0.3) is 0 Å². The molecule has 1 saturated heterocycles. The molecule has 158 valence electrons. The number of halogens is 2. The number of anilines is 1. The van der Waals surface area contributed by atoms with E-state index in [-0.39, 0.29) is 9.92 Å². The topological polar surface area (TPSA) is 59.5 Å². The van der Waals surface area contributed by atoms with E-state index < -0.39 is 15.1 Å². The van der Waals surface area contributed by atoms with E-state index >= 15 is 0 Å². The van der Waals surface area contributed by atoms with Crippen LogP contribution in [0.15, 0.2) is 52.7 Å². The number of hydrogen-bond acceptors (Lipinski definition) is 6. The molecule has 3 aromatic rings. The number of sulfone groups is 1. The van der Waals surface area contributed by atoms with E-state index in [1.165, 1.54) is 12.1 Å². The van der Waals surface area contributed by atoms with Crippen molar-refractivity contribution in [2.45, 2.75) is 23.0 Å². The highest BCUT2D eigenvalue weighted by Crippen LogP contribution is 2.34. The van der Waals surface area contributed by atoms with Crippen molar-refractivity contribution in [3.63, 3.8) is 0 Å². The fourth-order valence-corrected chi connectivity index (χ4v) is 6.92. The Bertz CT molecular complexity index is 1140. The minimum atomic E-state index is -3.54. The number of hydrogen-bond donors (Lipinski definition) is 0. The van der Waals surface area contributed by atoms with Gasteiger partial charge < -0.3 is 9.64 Å². The zero-order valence-electron chi connectivity index (χ0n) is 16.2. The summed E-state index contributed by atoms with van der Waals surface area (Å²) in [7, 11) is -1.90. The number of thiazole rings is 1. The Morgan fingerprint density at radius 1 is 1.10 bits per heavy atom. The van der Waals surface area contributed by atoms with Crippen LogP contribution in [0.5, 0.6) is 5.75 Å². The molecule has 2 heterocycles. The summed E-state index contributed by atoms with van der Waals surface area (Å²) >= 11 is 13.7. The summed E-state index contributed by atoms with van der Waals surface area (Å²) in [5, 5.41) is 3.02. The molecule has 1 aliphatic heterocycles. The minimum Gasteiger partial charge on any atom is -0.497 e. The second kappa shape index (κ2) is 8.75. The van der Waals surface area contributed by atoms with Crippen LogP contribution in [0, 0.1) is 0 Å². The van der Waals surface area contributed by atoms with Gasteiger partial charge in [0.15, 0.2) is 15.0 Å². The Morgan fingerprint density at radius 2 is 1.80 bits per heavy atom. The van der Waals surface area contributed by atoms with Gasteiger partial charge in [0, 0.05) is 29.1 Å². The van der Waals surface area contributed by atoms with Crippen LogP contribution in [-0.4, -0.2) is 38.9 Å². The first-order valence-electron chi connectivity index (χ1n) is 9.42. The number of benzene rings is 2. The van der Waals surface area contributed by atoms with Gasteiger partial charge in [-0.05, 0) is 55.3 Å². The molecule has 9 heteroatoms. The third kappa shape index (κ3) is 4.30. The fourth-order valence-electron chi connectivity index (χ4n) is 3.54. The van der Waals surface area contributed by atoms with Crippen molar-refractivity contribution in [3.05, 3.63) is 57.9 Å². The van der Waals surface area contributed by atoms with Gasteiger partial charge in [0.2, 0.25) is 0 Å². The van der Waals surface area contributed by atoms with Gasteiger partial charge in [-0.25, -0.2) is 13.4 Å². The molecular formula is C21H20Cl2N2O3S2. The summed E-state index contributed by atoms with van der Waals surface area (Å²) in [5.74, 6) is 0.803. The van der Waals surface area contributed by atoms with Crippen LogP contribution in [0.25, 0.3) is 11.3 Å². The van der Waals surface area contributed by atoms with Crippen LogP contribution in [0.2, 0.25) is 10.0 Å². The lowest BCUT2D eigenvalue weighted by molar-refractivity contribution is 0.415. The Balaban J connectivity index is 1.46. The summed E-state index contributed by atoms with van der Waals surface area (Å²) < 4.78 is 31.3. The normalized spacial score (nSPS) is 15.4. The quantitative estimate of drug-likeness (QED) is 0.475. The van der Waals surface area contributed by atoms with Crippen LogP contribution in [0.3, 0.4) is 0 Å². The van der Waals surface area contributed by atoms with Crippen LogP contribution in [0.1, 0.15) is 12.8 Å². The maximum atomic E-state index is 13.1. The number of rotatable bonds is 5. The fraction of sp³-hybridized carbons (Fsp3) is 0.286. The van der Waals surface area contributed by atoms with Crippen LogP contribution in [0.4, 0.5) is 5.13 Å². The summed E-state index contributed by atoms with van der Waals surface area (Å²) in [6, 6.07) is 12.3. The van der Waals surface area contributed by atoms with Gasteiger partial charge in [-0.3, -0.25) is 0 Å². The Morgan fingerprint density at radius 3 is 2.47 bits per heavy atom. The number of nitrogens with zero attached hydrogens (tertiary/aromatic N) is 2. The highest BCUT2D eigenvalue weighted by Gasteiger charge is 2.33. The summed E-state index contributed by atoms with van der Waals surface area (Å²) in [6.07, 6.45) is 1.03. The molecule has 30 heavy (non-hydrogen) atoms. The minimum absolute atomic E-state index is 0.117. The van der Waals surface area contributed by atoms with Crippen LogP contribution in [-0.2, 0) is 9.84 Å². The lowest BCUT2D eigenvalue weighted by Crippen LogP contribution is -2.39. The van der Waals surface area contributed by atoms with E-state index in [0.29, 0.717) is 31.0 Å². The van der Waals surface area contributed by atoms with Crippen molar-refractivity contribution in [3.8, 4) is 17.0 Å². The van der Waals surface area contributed by atoms with E-state index in [4.69, 9.17) is 32.9 Å². The van der Waals surface area contributed by atoms with Gasteiger partial charge in [-0.15, -0.1) is 11.3 Å². The average Bonchev–Trinajstić information content (AvgIpc) is 3.26. The lowest BCUT2D eigenvalue weighted by atomic mass is 10.1. The predicted octanol–water partition coefficient (Wildman–Crippen LogP) is 5.57. The third-order valence-corrected chi connectivity index (χ3v) is 9.11. The molecule has 1 fully saturated rings. The van der Waals surface area contributed by atoms with E-state index in [0.717, 1.165) is 22.1 Å². The molecule has 0 aliphatic carbocycles. The standard InChI is InChI=1S/C21H20Cl2N2O3S2/c1-28-16-5-2-14(3-6-16)19-13-29-21(24-19)25-10-8-17(9-11-25)30(26,27)20-12-15(22)4-7-18(20)23/h2-7,12-13,17H,8-11H2,1H3. The molecule has 0 bridgehead atoms. The van der Waals surface area contributed by atoms with Crippen molar-refractivity contribution in [1.29, 1.82) is 0 Å². The molecule has 0 N–H and O–H groups in total. The SMILES string of the molecule is COc1ccc(-c2csc(N3CCC(S(=O)(=O)c4cc(Cl)ccc4Cl)CC3)n2)cc1. The molecule has 0 saturated carbocycles. The highest BCUT2D eigenvalue weighted by molar-refractivity contribution is 7.92. The molecule has 0 amide bonds. The Kier molecular flexibility index (Phi) is 6.25. The molecule has 0 radical (unpaired) electrons. The maximum absolute atomic E-state index is 13.1. The molecule has 0 atom stereocenters. The number of aromatic nitrogens is 1. The van der Waals surface area contributed by atoms with E-state index in [1.807, 2.05) is 29.6 Å². The van der Waals surface area contributed by atoms with Crippen molar-refractivity contribution in [1.82, 2.24) is 4.98 Å². The molecule has 2 aromatic carbocycles. The lowest BCUT2D eigenvalue weighted by Gasteiger charge is -2.31. The van der Waals surface area contributed by atoms with Gasteiger partial charge in [0.05, 0.1) is 28.0 Å². The molecule has 0 spiro atoms. The second-order valence-corrected chi connectivity index (χ2v) is 10.9. The summed E-state index contributed by atoms with van der Waals surface area (Å²) in [5.41, 5.74) is 1.92. The third-order valence-electron chi connectivity index (χ3n) is 5.23. The van der Waals surface area contributed by atoms with Gasteiger partial charge >= 0.3 is 0 Å². The zero-order valence-corrected chi connectivity index (χ0v) is 19.4. The van der Waals surface area contributed by atoms with Crippen LogP contribution >= 0.6 is 34.5 Å². The highest BCUT2D eigenvalue weighted by atomic mass is 35.5. The van der Waals surface area contributed by atoms with E-state index in [2.05, 4.69) is 4.90 Å². The molecule has 1 aromatic heterocycles. The van der Waals surface area contributed by atoms with Crippen molar-refractivity contribution in [2.75, 3.05) is 25.1 Å². The van der Waals surface area contributed by atoms with Gasteiger partial charge in [-0.1, -0.05) is 23.2 Å². The van der Waals surface area contributed by atoms with E-state index in [9.17, 15) is 8.42 Å². The monoisotopic (exact) mass is 482 g/mol. The molecule has 5 nitrogen and oxygen atoms in total. The number of ether oxygens (including phenoxy) is 1. The smallest absolute Gasteiger partial charge is 0.185 e. The Labute approximate surface area is 190 Å². The molecular weight excluding hydrogens is 463 g/mol. The first kappa shape index (κ1) is 21.4. The summed E-state index contributed by atoms with van der Waals surface area (Å²) in [4.78, 5) is 7.01. The molecule has 1 aliphatic rings. The Hall–Kier alpha value is -1.80. The molecule has 0 unspecified atom stereocenters. The number of piperidine rings is 1. The maximum Gasteiger partial charge on any atom is 0.185 e. The van der Waals surface area contributed by atoms with Crippen molar-refractivity contribution >= 4 is 49.5 Å². The van der Waals surface area contributed by atoms with E-state index in [1.54, 1.807) is 24.5 Å². The summed E-state index contributed by atoms with van der Waals surface area (Å²) in [6.45, 7) is 1.25. The molecule has 4 rings (SSSR count). The predicted molar refractivity (Wildman–Crippen MR) is 123 cm³/mol. The zero-order chi connectivity index (χ0) is 21.3. The first-order chi connectivity index (χ1) is 14.4. The van der Waals surface area contributed by atoms with Gasteiger partial charge in [-0.2, -0.15) is 0 Å². The van der Waals surface area contributed by atoms with Gasteiger partial charge in [0.1, 0.15) is 5.75 Å². The average molecular weight is 483 g/mol. The number of methoxy groups -OCH3 is 1. The van der Waals surface area contributed by atoms with Crippen LogP contribution < -0.4 is 9.64 Å². The largest absolute Gasteiger partial charge is 0.497 e. The first-order valence-corrected chi connectivity index (χ1v) is 12.6.